The fourth-order valence-corrected chi connectivity index (χ4v) is 2.62. The third kappa shape index (κ3) is 4.23. The van der Waals surface area contributed by atoms with Gasteiger partial charge in [-0.3, -0.25) is 4.90 Å². The SMILES string of the molecule is CN(Cc1ccc(Br)cc1)Cc1cccc(Br)c1. The van der Waals surface area contributed by atoms with Crippen LogP contribution in [0.2, 0.25) is 0 Å². The van der Waals surface area contributed by atoms with Crippen LogP contribution in [0.3, 0.4) is 0 Å². The molecule has 3 heteroatoms. The highest BCUT2D eigenvalue weighted by molar-refractivity contribution is 9.10. The predicted octanol–water partition coefficient (Wildman–Crippen LogP) is 4.84. The van der Waals surface area contributed by atoms with E-state index in [-0.39, 0.29) is 0 Å². The highest BCUT2D eigenvalue weighted by Gasteiger charge is 2.02. The molecule has 0 aromatic heterocycles. The molecule has 0 aliphatic heterocycles. The average molecular weight is 369 g/mol. The smallest absolute Gasteiger partial charge is 0.0234 e. The summed E-state index contributed by atoms with van der Waals surface area (Å²) in [5.74, 6) is 0. The minimum absolute atomic E-state index is 0.954. The first kappa shape index (κ1) is 13.8. The van der Waals surface area contributed by atoms with Crippen molar-refractivity contribution in [3.8, 4) is 0 Å². The Balaban J connectivity index is 1.96. The minimum Gasteiger partial charge on any atom is -0.298 e. The lowest BCUT2D eigenvalue weighted by Crippen LogP contribution is -2.17. The maximum Gasteiger partial charge on any atom is 0.0234 e. The third-order valence-electron chi connectivity index (χ3n) is 2.71. The number of halogens is 2. The number of rotatable bonds is 4. The van der Waals surface area contributed by atoms with Gasteiger partial charge < -0.3 is 0 Å². The lowest BCUT2D eigenvalue weighted by atomic mass is 10.2. The van der Waals surface area contributed by atoms with Crippen molar-refractivity contribution in [2.24, 2.45) is 0 Å². The third-order valence-corrected chi connectivity index (χ3v) is 3.73. The van der Waals surface area contributed by atoms with Gasteiger partial charge >= 0.3 is 0 Å². The van der Waals surface area contributed by atoms with Crippen molar-refractivity contribution >= 4 is 31.9 Å². The summed E-state index contributed by atoms with van der Waals surface area (Å²) in [6.45, 7) is 1.91. The molecule has 0 fully saturated rings. The van der Waals surface area contributed by atoms with Crippen molar-refractivity contribution in [1.82, 2.24) is 4.90 Å². The van der Waals surface area contributed by atoms with E-state index >= 15 is 0 Å². The number of hydrogen-bond donors (Lipinski definition) is 0. The Kier molecular flexibility index (Phi) is 4.98. The maximum absolute atomic E-state index is 3.50. The average Bonchev–Trinajstić information content (AvgIpc) is 2.32. The summed E-state index contributed by atoms with van der Waals surface area (Å²) >= 11 is 6.96. The quantitative estimate of drug-likeness (QED) is 0.745. The summed E-state index contributed by atoms with van der Waals surface area (Å²) in [6.07, 6.45) is 0. The first-order chi connectivity index (χ1) is 8.63. The molecule has 18 heavy (non-hydrogen) atoms. The van der Waals surface area contributed by atoms with E-state index in [0.29, 0.717) is 0 Å². The molecule has 0 unspecified atom stereocenters. The van der Waals surface area contributed by atoms with Gasteiger partial charge in [0.25, 0.3) is 0 Å². The number of benzene rings is 2. The van der Waals surface area contributed by atoms with Gasteiger partial charge in [0, 0.05) is 22.0 Å². The highest BCUT2D eigenvalue weighted by Crippen LogP contribution is 2.15. The van der Waals surface area contributed by atoms with Gasteiger partial charge in [0.15, 0.2) is 0 Å². The predicted molar refractivity (Wildman–Crippen MR) is 83.5 cm³/mol. The fraction of sp³-hybridized carbons (Fsp3) is 0.200. The highest BCUT2D eigenvalue weighted by atomic mass is 79.9. The zero-order valence-corrected chi connectivity index (χ0v) is 13.4. The van der Waals surface area contributed by atoms with Crippen LogP contribution in [0.4, 0.5) is 0 Å². The lowest BCUT2D eigenvalue weighted by Gasteiger charge is -2.17. The molecule has 0 atom stereocenters. The minimum atomic E-state index is 0.954. The van der Waals surface area contributed by atoms with Gasteiger partial charge in [-0.25, -0.2) is 0 Å². The standard InChI is InChI=1S/C15H15Br2N/c1-18(10-12-5-7-14(16)8-6-12)11-13-3-2-4-15(17)9-13/h2-9H,10-11H2,1H3. The molecule has 2 rings (SSSR count). The topological polar surface area (TPSA) is 3.24 Å². The number of nitrogens with zero attached hydrogens (tertiary/aromatic N) is 1. The van der Waals surface area contributed by atoms with E-state index in [4.69, 9.17) is 0 Å². The van der Waals surface area contributed by atoms with Crippen molar-refractivity contribution < 1.29 is 0 Å². The summed E-state index contributed by atoms with van der Waals surface area (Å²) in [4.78, 5) is 2.31. The van der Waals surface area contributed by atoms with E-state index in [0.717, 1.165) is 22.0 Å². The summed E-state index contributed by atoms with van der Waals surface area (Å²) in [6, 6.07) is 16.9. The van der Waals surface area contributed by atoms with Crippen LogP contribution in [-0.4, -0.2) is 11.9 Å². The van der Waals surface area contributed by atoms with Gasteiger partial charge in [-0.15, -0.1) is 0 Å². The number of hydrogen-bond acceptors (Lipinski definition) is 1. The lowest BCUT2D eigenvalue weighted by molar-refractivity contribution is 0.319. The van der Waals surface area contributed by atoms with Crippen LogP contribution in [0, 0.1) is 0 Å². The van der Waals surface area contributed by atoms with E-state index in [9.17, 15) is 0 Å². The van der Waals surface area contributed by atoms with Crippen molar-refractivity contribution in [1.29, 1.82) is 0 Å². The van der Waals surface area contributed by atoms with Crippen LogP contribution < -0.4 is 0 Å². The molecule has 0 aliphatic rings. The van der Waals surface area contributed by atoms with Gasteiger partial charge in [0.2, 0.25) is 0 Å². The first-order valence-corrected chi connectivity index (χ1v) is 7.39. The van der Waals surface area contributed by atoms with Gasteiger partial charge in [0.05, 0.1) is 0 Å². The van der Waals surface area contributed by atoms with Gasteiger partial charge in [0.1, 0.15) is 0 Å². The van der Waals surface area contributed by atoms with Crippen LogP contribution in [0.25, 0.3) is 0 Å². The van der Waals surface area contributed by atoms with Crippen LogP contribution in [-0.2, 0) is 13.1 Å². The Morgan fingerprint density at radius 3 is 2.17 bits per heavy atom. The Labute approximate surface area is 125 Å². The van der Waals surface area contributed by atoms with Crippen molar-refractivity contribution in [3.05, 3.63) is 68.6 Å². The van der Waals surface area contributed by atoms with Crippen molar-refractivity contribution in [3.63, 3.8) is 0 Å². The van der Waals surface area contributed by atoms with Crippen LogP contribution in [0.15, 0.2) is 57.5 Å². The van der Waals surface area contributed by atoms with E-state index < -0.39 is 0 Å². The largest absolute Gasteiger partial charge is 0.298 e. The zero-order chi connectivity index (χ0) is 13.0. The molecule has 0 radical (unpaired) electrons. The Hall–Kier alpha value is -0.640. The van der Waals surface area contributed by atoms with E-state index in [1.807, 2.05) is 0 Å². The Morgan fingerprint density at radius 2 is 1.50 bits per heavy atom. The molecule has 94 valence electrons. The van der Waals surface area contributed by atoms with Gasteiger partial charge in [-0.1, -0.05) is 56.1 Å². The second-order valence-electron chi connectivity index (χ2n) is 4.43. The molecule has 0 aliphatic carbocycles. The monoisotopic (exact) mass is 367 g/mol. The summed E-state index contributed by atoms with van der Waals surface area (Å²) < 4.78 is 2.26. The molecule has 0 spiro atoms. The van der Waals surface area contributed by atoms with Crippen molar-refractivity contribution in [2.75, 3.05) is 7.05 Å². The molecule has 1 nitrogen and oxygen atoms in total. The Morgan fingerprint density at radius 1 is 0.833 bits per heavy atom. The van der Waals surface area contributed by atoms with Gasteiger partial charge in [-0.2, -0.15) is 0 Å². The van der Waals surface area contributed by atoms with E-state index in [1.54, 1.807) is 0 Å². The summed E-state index contributed by atoms with van der Waals surface area (Å²) in [5.41, 5.74) is 2.65. The van der Waals surface area contributed by atoms with Crippen LogP contribution in [0.1, 0.15) is 11.1 Å². The molecule has 0 amide bonds. The van der Waals surface area contributed by atoms with Crippen molar-refractivity contribution in [2.45, 2.75) is 13.1 Å². The normalized spacial score (nSPS) is 10.9. The molecule has 0 bridgehead atoms. The fourth-order valence-electron chi connectivity index (χ4n) is 1.90. The molecular formula is C15H15Br2N. The second-order valence-corrected chi connectivity index (χ2v) is 6.26. The van der Waals surface area contributed by atoms with Gasteiger partial charge in [-0.05, 0) is 42.4 Å². The molecule has 2 aromatic carbocycles. The molecule has 0 saturated carbocycles. The van der Waals surface area contributed by atoms with Crippen LogP contribution >= 0.6 is 31.9 Å². The van der Waals surface area contributed by atoms with Crippen LogP contribution in [0.5, 0.6) is 0 Å². The summed E-state index contributed by atoms with van der Waals surface area (Å²) in [7, 11) is 2.14. The Bertz CT molecular complexity index is 508. The molecule has 0 N–H and O–H groups in total. The maximum atomic E-state index is 3.50. The molecule has 2 aromatic rings. The van der Waals surface area contributed by atoms with E-state index in [2.05, 4.69) is 92.3 Å². The van der Waals surface area contributed by atoms with E-state index in [1.165, 1.54) is 11.1 Å². The molecule has 0 saturated heterocycles. The molecular weight excluding hydrogens is 354 g/mol. The second kappa shape index (κ2) is 6.50. The zero-order valence-electron chi connectivity index (χ0n) is 10.2. The summed E-state index contributed by atoms with van der Waals surface area (Å²) in [5, 5.41) is 0. The first-order valence-electron chi connectivity index (χ1n) is 5.81. The molecule has 0 heterocycles.